The van der Waals surface area contributed by atoms with E-state index < -0.39 is 0 Å². The Bertz CT molecular complexity index is 924. The van der Waals surface area contributed by atoms with E-state index in [-0.39, 0.29) is 17.4 Å². The Morgan fingerprint density at radius 3 is 2.61 bits per heavy atom. The predicted octanol–water partition coefficient (Wildman–Crippen LogP) is 0.975. The van der Waals surface area contributed by atoms with E-state index in [1.807, 2.05) is 18.7 Å². The standard InChI is InChI=1S/C19H24N6O2S/c1-3-15-13(2)22-19-25(17(15)27)11-14(12-28-19)16(26)23-7-9-24(10-8-23)18-20-5-4-6-21-18/h4-6,14H,3,7-12H2,1-2H3/t14-/m1/s1. The van der Waals surface area contributed by atoms with E-state index in [9.17, 15) is 9.59 Å². The van der Waals surface area contributed by atoms with Crippen molar-refractivity contribution in [1.29, 1.82) is 0 Å². The number of carbonyl (C=O) groups is 1. The summed E-state index contributed by atoms with van der Waals surface area (Å²) in [6.45, 7) is 6.99. The first-order chi connectivity index (χ1) is 13.6. The summed E-state index contributed by atoms with van der Waals surface area (Å²) in [5, 5.41) is 0.731. The lowest BCUT2D eigenvalue weighted by Gasteiger charge is -2.37. The van der Waals surface area contributed by atoms with Crippen LogP contribution in [0.1, 0.15) is 18.2 Å². The Balaban J connectivity index is 1.44. The van der Waals surface area contributed by atoms with E-state index in [4.69, 9.17) is 0 Å². The number of piperazine rings is 1. The van der Waals surface area contributed by atoms with Gasteiger partial charge in [0.15, 0.2) is 5.16 Å². The molecule has 2 aromatic rings. The summed E-state index contributed by atoms with van der Waals surface area (Å²) in [6, 6.07) is 1.80. The first kappa shape index (κ1) is 18.9. The number of aryl methyl sites for hydroxylation is 1. The highest BCUT2D eigenvalue weighted by Gasteiger charge is 2.32. The van der Waals surface area contributed by atoms with Gasteiger partial charge in [-0.1, -0.05) is 18.7 Å². The van der Waals surface area contributed by atoms with Crippen LogP contribution in [0.4, 0.5) is 5.95 Å². The molecule has 0 bridgehead atoms. The van der Waals surface area contributed by atoms with Crippen molar-refractivity contribution in [1.82, 2.24) is 24.4 Å². The molecule has 2 aliphatic heterocycles. The van der Waals surface area contributed by atoms with Crippen LogP contribution >= 0.6 is 11.8 Å². The summed E-state index contributed by atoms with van der Waals surface area (Å²) in [7, 11) is 0. The van der Waals surface area contributed by atoms with Gasteiger partial charge in [-0.25, -0.2) is 15.0 Å². The second kappa shape index (κ2) is 7.90. The fourth-order valence-corrected chi connectivity index (χ4v) is 4.90. The molecular formula is C19H24N6O2S. The van der Waals surface area contributed by atoms with Crippen molar-refractivity contribution in [3.63, 3.8) is 0 Å². The molecule has 0 N–H and O–H groups in total. The number of fused-ring (bicyclic) bond motifs is 1. The van der Waals surface area contributed by atoms with Gasteiger partial charge in [0.1, 0.15) is 0 Å². The van der Waals surface area contributed by atoms with E-state index in [1.165, 1.54) is 11.8 Å². The van der Waals surface area contributed by atoms with Gasteiger partial charge in [0.2, 0.25) is 11.9 Å². The zero-order valence-corrected chi connectivity index (χ0v) is 17.0. The monoisotopic (exact) mass is 400 g/mol. The lowest BCUT2D eigenvalue weighted by Crippen LogP contribution is -2.52. The second-order valence-electron chi connectivity index (χ2n) is 7.10. The molecule has 0 unspecified atom stereocenters. The summed E-state index contributed by atoms with van der Waals surface area (Å²) in [6.07, 6.45) is 4.12. The fourth-order valence-electron chi connectivity index (χ4n) is 3.79. The maximum Gasteiger partial charge on any atom is 0.257 e. The van der Waals surface area contributed by atoms with Gasteiger partial charge in [0, 0.05) is 62.1 Å². The smallest absolute Gasteiger partial charge is 0.257 e. The third-order valence-electron chi connectivity index (χ3n) is 5.38. The average molecular weight is 401 g/mol. The molecule has 4 rings (SSSR count). The molecule has 1 fully saturated rings. The minimum Gasteiger partial charge on any atom is -0.339 e. The summed E-state index contributed by atoms with van der Waals surface area (Å²) < 4.78 is 1.69. The third kappa shape index (κ3) is 3.50. The van der Waals surface area contributed by atoms with Crippen LogP contribution in [-0.4, -0.2) is 62.3 Å². The molecule has 0 radical (unpaired) electrons. The lowest BCUT2D eigenvalue weighted by atomic mass is 10.1. The van der Waals surface area contributed by atoms with Crippen LogP contribution in [0.15, 0.2) is 28.4 Å². The average Bonchev–Trinajstić information content (AvgIpc) is 2.74. The lowest BCUT2D eigenvalue weighted by molar-refractivity contribution is -0.135. The number of hydrogen-bond donors (Lipinski definition) is 0. The van der Waals surface area contributed by atoms with Crippen molar-refractivity contribution < 1.29 is 4.79 Å². The normalized spacial score (nSPS) is 19.4. The Hall–Kier alpha value is -2.42. The van der Waals surface area contributed by atoms with Gasteiger partial charge in [0.05, 0.1) is 5.92 Å². The van der Waals surface area contributed by atoms with Gasteiger partial charge in [-0.15, -0.1) is 0 Å². The fraction of sp³-hybridized carbons (Fsp3) is 0.526. The molecule has 148 valence electrons. The van der Waals surface area contributed by atoms with Crippen LogP contribution in [-0.2, 0) is 17.8 Å². The van der Waals surface area contributed by atoms with Crippen LogP contribution in [0, 0.1) is 12.8 Å². The van der Waals surface area contributed by atoms with E-state index in [0.717, 1.165) is 16.4 Å². The van der Waals surface area contributed by atoms with Gasteiger partial charge in [-0.2, -0.15) is 0 Å². The number of aromatic nitrogens is 4. The summed E-state index contributed by atoms with van der Waals surface area (Å²) in [5.74, 6) is 1.30. The van der Waals surface area contributed by atoms with Gasteiger partial charge >= 0.3 is 0 Å². The predicted molar refractivity (Wildman–Crippen MR) is 108 cm³/mol. The van der Waals surface area contributed by atoms with Crippen molar-refractivity contribution >= 4 is 23.6 Å². The van der Waals surface area contributed by atoms with Crippen LogP contribution in [0.5, 0.6) is 0 Å². The molecule has 4 heterocycles. The molecule has 9 heteroatoms. The maximum absolute atomic E-state index is 13.1. The van der Waals surface area contributed by atoms with Crippen molar-refractivity contribution in [2.45, 2.75) is 32.0 Å². The Morgan fingerprint density at radius 1 is 1.21 bits per heavy atom. The van der Waals surface area contributed by atoms with E-state index in [2.05, 4.69) is 19.9 Å². The van der Waals surface area contributed by atoms with Crippen LogP contribution < -0.4 is 10.5 Å². The largest absolute Gasteiger partial charge is 0.339 e. The minimum absolute atomic E-state index is 0.000968. The number of hydrogen-bond acceptors (Lipinski definition) is 7. The van der Waals surface area contributed by atoms with Crippen molar-refractivity contribution in [2.24, 2.45) is 5.92 Å². The number of carbonyl (C=O) groups excluding carboxylic acids is 1. The van der Waals surface area contributed by atoms with Crippen LogP contribution in [0.25, 0.3) is 0 Å². The number of rotatable bonds is 3. The molecule has 28 heavy (non-hydrogen) atoms. The molecule has 0 aromatic carbocycles. The van der Waals surface area contributed by atoms with Crippen LogP contribution in [0.3, 0.4) is 0 Å². The molecule has 2 aliphatic rings. The zero-order chi connectivity index (χ0) is 19.7. The number of anilines is 1. The summed E-state index contributed by atoms with van der Waals surface area (Å²) >= 11 is 1.51. The Morgan fingerprint density at radius 2 is 1.93 bits per heavy atom. The molecule has 2 aromatic heterocycles. The number of thioether (sulfide) groups is 1. The maximum atomic E-state index is 13.1. The second-order valence-corrected chi connectivity index (χ2v) is 8.08. The molecule has 0 saturated carbocycles. The SMILES string of the molecule is CCc1c(C)nc2n(c1=O)C[C@@H](C(=O)N1CCN(c3ncccn3)CC1)CS2. The highest BCUT2D eigenvalue weighted by atomic mass is 32.2. The molecular weight excluding hydrogens is 376 g/mol. The molecule has 0 aliphatic carbocycles. The molecule has 0 spiro atoms. The van der Waals surface area contributed by atoms with E-state index in [1.54, 1.807) is 23.0 Å². The highest BCUT2D eigenvalue weighted by Crippen LogP contribution is 2.27. The van der Waals surface area contributed by atoms with Crippen LogP contribution in [0.2, 0.25) is 0 Å². The number of amides is 1. The van der Waals surface area contributed by atoms with E-state index >= 15 is 0 Å². The topological polar surface area (TPSA) is 84.2 Å². The van der Waals surface area contributed by atoms with Gasteiger partial charge in [0.25, 0.3) is 5.56 Å². The minimum atomic E-state index is -0.191. The zero-order valence-electron chi connectivity index (χ0n) is 16.2. The van der Waals surface area contributed by atoms with Gasteiger partial charge in [-0.05, 0) is 19.4 Å². The third-order valence-corrected chi connectivity index (χ3v) is 6.52. The molecule has 1 atom stereocenters. The van der Waals surface area contributed by atoms with Crippen molar-refractivity contribution in [3.05, 3.63) is 40.1 Å². The summed E-state index contributed by atoms with van der Waals surface area (Å²) in [5.41, 5.74) is 1.55. The first-order valence-corrected chi connectivity index (χ1v) is 10.6. The Kier molecular flexibility index (Phi) is 5.34. The van der Waals surface area contributed by atoms with Gasteiger partial charge < -0.3 is 9.80 Å². The Labute approximate surface area is 168 Å². The molecule has 1 saturated heterocycles. The van der Waals surface area contributed by atoms with Crippen molar-refractivity contribution in [3.8, 4) is 0 Å². The van der Waals surface area contributed by atoms with Gasteiger partial charge in [-0.3, -0.25) is 14.2 Å². The molecule has 1 amide bonds. The first-order valence-electron chi connectivity index (χ1n) is 9.62. The van der Waals surface area contributed by atoms with Crippen molar-refractivity contribution in [2.75, 3.05) is 36.8 Å². The highest BCUT2D eigenvalue weighted by molar-refractivity contribution is 7.99. The summed E-state index contributed by atoms with van der Waals surface area (Å²) in [4.78, 5) is 43.0. The quantitative estimate of drug-likeness (QED) is 0.710. The van der Waals surface area contributed by atoms with E-state index in [0.29, 0.717) is 50.8 Å². The molecule has 8 nitrogen and oxygen atoms in total. The number of nitrogens with zero attached hydrogens (tertiary/aromatic N) is 6.